The Labute approximate surface area is 110 Å². The largest absolute Gasteiger partial charge is 0.309 e. The summed E-state index contributed by atoms with van der Waals surface area (Å²) in [5.74, 6) is 0. The summed E-state index contributed by atoms with van der Waals surface area (Å²) < 4.78 is 2.03. The summed E-state index contributed by atoms with van der Waals surface area (Å²) in [5, 5.41) is 8.66. The van der Waals surface area contributed by atoms with Gasteiger partial charge in [-0.2, -0.15) is 5.10 Å². The molecular weight excluding hydrogens is 234 g/mol. The molecule has 0 aliphatic heterocycles. The van der Waals surface area contributed by atoms with Gasteiger partial charge in [-0.05, 0) is 26.8 Å². The zero-order chi connectivity index (χ0) is 12.8. The van der Waals surface area contributed by atoms with E-state index in [4.69, 9.17) is 11.6 Å². The van der Waals surface area contributed by atoms with E-state index in [9.17, 15) is 0 Å². The molecule has 17 heavy (non-hydrogen) atoms. The van der Waals surface area contributed by atoms with E-state index in [2.05, 4.69) is 38.1 Å². The van der Waals surface area contributed by atoms with Crippen molar-refractivity contribution in [2.75, 3.05) is 6.54 Å². The Hall–Kier alpha value is -0.540. The van der Waals surface area contributed by atoms with Crippen LogP contribution in [0.1, 0.15) is 64.7 Å². The van der Waals surface area contributed by atoms with Gasteiger partial charge < -0.3 is 5.32 Å². The molecule has 1 rings (SSSR count). The average molecular weight is 258 g/mol. The molecule has 0 fully saturated rings. The van der Waals surface area contributed by atoms with Crippen molar-refractivity contribution in [3.63, 3.8) is 0 Å². The summed E-state index contributed by atoms with van der Waals surface area (Å²) in [4.78, 5) is 0. The minimum absolute atomic E-state index is 0.317. The van der Waals surface area contributed by atoms with Gasteiger partial charge >= 0.3 is 0 Å². The normalized spacial score (nSPS) is 13.3. The number of hydrogen-bond acceptors (Lipinski definition) is 2. The van der Waals surface area contributed by atoms with Crippen molar-refractivity contribution in [2.45, 2.75) is 59.0 Å². The molecule has 1 heterocycles. The van der Waals surface area contributed by atoms with Crippen molar-refractivity contribution in [1.82, 2.24) is 15.1 Å². The highest BCUT2D eigenvalue weighted by molar-refractivity contribution is 6.31. The molecule has 4 heteroatoms. The number of nitrogens with one attached hydrogen (secondary N) is 1. The van der Waals surface area contributed by atoms with Crippen LogP contribution < -0.4 is 5.32 Å². The minimum Gasteiger partial charge on any atom is -0.309 e. The first-order valence-corrected chi connectivity index (χ1v) is 6.95. The van der Waals surface area contributed by atoms with Gasteiger partial charge in [0, 0.05) is 6.04 Å². The first-order chi connectivity index (χ1) is 8.11. The summed E-state index contributed by atoms with van der Waals surface area (Å²) in [5.41, 5.74) is 1.14. The molecule has 0 saturated heterocycles. The van der Waals surface area contributed by atoms with E-state index >= 15 is 0 Å². The van der Waals surface area contributed by atoms with Crippen LogP contribution in [0.5, 0.6) is 0 Å². The molecule has 0 aliphatic carbocycles. The molecule has 1 aromatic rings. The lowest BCUT2D eigenvalue weighted by Gasteiger charge is -2.21. The van der Waals surface area contributed by atoms with Crippen molar-refractivity contribution in [3.8, 4) is 0 Å². The summed E-state index contributed by atoms with van der Waals surface area (Å²) in [6.07, 6.45) is 5.28. The van der Waals surface area contributed by atoms with Crippen LogP contribution in [0.4, 0.5) is 0 Å². The highest BCUT2D eigenvalue weighted by atomic mass is 35.5. The topological polar surface area (TPSA) is 29.9 Å². The average Bonchev–Trinajstić information content (AvgIpc) is 2.66. The molecule has 0 saturated carbocycles. The lowest BCUT2D eigenvalue weighted by molar-refractivity contribution is 0.425. The van der Waals surface area contributed by atoms with Gasteiger partial charge in [-0.15, -0.1) is 0 Å². The van der Waals surface area contributed by atoms with Crippen LogP contribution in [0, 0.1) is 0 Å². The van der Waals surface area contributed by atoms with Crippen LogP contribution in [0.3, 0.4) is 0 Å². The molecule has 3 nitrogen and oxygen atoms in total. The van der Waals surface area contributed by atoms with Crippen LogP contribution in [0.15, 0.2) is 6.20 Å². The lowest BCUT2D eigenvalue weighted by atomic mass is 10.1. The molecule has 1 aromatic heterocycles. The molecule has 1 atom stereocenters. The molecule has 0 aromatic carbocycles. The molecule has 1 unspecified atom stereocenters. The zero-order valence-corrected chi connectivity index (χ0v) is 12.1. The second-order valence-corrected chi connectivity index (χ2v) is 5.08. The van der Waals surface area contributed by atoms with E-state index < -0.39 is 0 Å². The molecule has 98 valence electrons. The van der Waals surface area contributed by atoms with E-state index in [-0.39, 0.29) is 0 Å². The Bertz CT molecular complexity index is 333. The molecule has 0 bridgehead atoms. The molecule has 0 spiro atoms. The first kappa shape index (κ1) is 14.5. The van der Waals surface area contributed by atoms with Gasteiger partial charge in [0.05, 0.1) is 23.0 Å². The third-order valence-electron chi connectivity index (χ3n) is 2.90. The molecular formula is C13H24ClN3. The van der Waals surface area contributed by atoms with Crippen LogP contribution >= 0.6 is 11.6 Å². The Kier molecular flexibility index (Phi) is 6.00. The van der Waals surface area contributed by atoms with Gasteiger partial charge in [-0.1, -0.05) is 38.3 Å². The lowest BCUT2D eigenvalue weighted by Crippen LogP contribution is -2.24. The Morgan fingerprint density at radius 2 is 2.12 bits per heavy atom. The third-order valence-corrected chi connectivity index (χ3v) is 3.19. The zero-order valence-electron chi connectivity index (χ0n) is 11.3. The van der Waals surface area contributed by atoms with Crippen LogP contribution in [0.2, 0.25) is 5.02 Å². The van der Waals surface area contributed by atoms with Gasteiger partial charge in [0.15, 0.2) is 0 Å². The van der Waals surface area contributed by atoms with E-state index in [1.165, 1.54) is 12.8 Å². The highest BCUT2D eigenvalue weighted by Crippen LogP contribution is 2.28. The third kappa shape index (κ3) is 3.71. The predicted molar refractivity (Wildman–Crippen MR) is 73.6 cm³/mol. The summed E-state index contributed by atoms with van der Waals surface area (Å²) >= 11 is 6.28. The Balaban J connectivity index is 2.94. The van der Waals surface area contributed by atoms with Crippen LogP contribution in [0.25, 0.3) is 0 Å². The fourth-order valence-corrected chi connectivity index (χ4v) is 2.34. The number of hydrogen-bond donors (Lipinski definition) is 1. The maximum atomic E-state index is 6.28. The van der Waals surface area contributed by atoms with Crippen molar-refractivity contribution in [3.05, 3.63) is 16.9 Å². The minimum atomic E-state index is 0.317. The fraction of sp³-hybridized carbons (Fsp3) is 0.769. The van der Waals surface area contributed by atoms with Crippen molar-refractivity contribution < 1.29 is 0 Å². The first-order valence-electron chi connectivity index (χ1n) is 6.58. The monoisotopic (exact) mass is 257 g/mol. The molecule has 0 amide bonds. The highest BCUT2D eigenvalue weighted by Gasteiger charge is 2.20. The number of nitrogens with zero attached hydrogens (tertiary/aromatic N) is 2. The number of rotatable bonds is 7. The summed E-state index contributed by atoms with van der Waals surface area (Å²) in [6, 6.07) is 0.664. The second-order valence-electron chi connectivity index (χ2n) is 4.67. The SMILES string of the molecule is CCCCC(NCC)c1c(Cl)cnn1C(C)C. The smallest absolute Gasteiger partial charge is 0.0834 e. The standard InChI is InChI=1S/C13H24ClN3/c1-5-7-8-12(15-6-2)13-11(14)9-16-17(13)10(3)4/h9-10,12,15H,5-8H2,1-4H3. The molecule has 0 radical (unpaired) electrons. The van der Waals surface area contributed by atoms with E-state index in [1.807, 2.05) is 4.68 Å². The van der Waals surface area contributed by atoms with E-state index in [0.717, 1.165) is 23.7 Å². The Morgan fingerprint density at radius 1 is 1.41 bits per heavy atom. The van der Waals surface area contributed by atoms with Crippen molar-refractivity contribution in [2.24, 2.45) is 0 Å². The van der Waals surface area contributed by atoms with Crippen LogP contribution in [-0.4, -0.2) is 16.3 Å². The van der Waals surface area contributed by atoms with Crippen molar-refractivity contribution >= 4 is 11.6 Å². The van der Waals surface area contributed by atoms with E-state index in [0.29, 0.717) is 12.1 Å². The van der Waals surface area contributed by atoms with Gasteiger partial charge in [0.25, 0.3) is 0 Å². The van der Waals surface area contributed by atoms with Crippen LogP contribution in [-0.2, 0) is 0 Å². The number of aromatic nitrogens is 2. The Morgan fingerprint density at radius 3 is 2.65 bits per heavy atom. The van der Waals surface area contributed by atoms with Gasteiger partial charge in [-0.3, -0.25) is 4.68 Å². The quantitative estimate of drug-likeness (QED) is 0.801. The number of halogens is 1. The van der Waals surface area contributed by atoms with Gasteiger partial charge in [-0.25, -0.2) is 0 Å². The van der Waals surface area contributed by atoms with Gasteiger partial charge in [0.2, 0.25) is 0 Å². The predicted octanol–water partition coefficient (Wildman–Crippen LogP) is 3.96. The van der Waals surface area contributed by atoms with E-state index in [1.54, 1.807) is 6.20 Å². The molecule has 1 N–H and O–H groups in total. The second kappa shape index (κ2) is 7.02. The molecule has 0 aliphatic rings. The van der Waals surface area contributed by atoms with Gasteiger partial charge in [0.1, 0.15) is 0 Å². The summed E-state index contributed by atoms with van der Waals surface area (Å²) in [6.45, 7) is 9.56. The number of unbranched alkanes of at least 4 members (excludes halogenated alkanes) is 1. The van der Waals surface area contributed by atoms with Crippen molar-refractivity contribution in [1.29, 1.82) is 0 Å². The fourth-order valence-electron chi connectivity index (χ4n) is 2.08. The maximum Gasteiger partial charge on any atom is 0.0834 e. The maximum absolute atomic E-state index is 6.28. The summed E-state index contributed by atoms with van der Waals surface area (Å²) in [7, 11) is 0.